The van der Waals surface area contributed by atoms with E-state index < -0.39 is 0 Å². The highest BCUT2D eigenvalue weighted by molar-refractivity contribution is 5.53. The molecule has 0 radical (unpaired) electrons. The van der Waals surface area contributed by atoms with Crippen LogP contribution in [0.15, 0.2) is 0 Å². The molecule has 0 fully saturated rings. The van der Waals surface area contributed by atoms with E-state index in [-0.39, 0.29) is 6.10 Å². The number of hydrogen-bond acceptors (Lipinski definition) is 5. The van der Waals surface area contributed by atoms with Crippen molar-refractivity contribution < 1.29 is 5.11 Å². The molecule has 0 unspecified atom stereocenters. The highest BCUT2D eigenvalue weighted by Gasteiger charge is 2.28. The standard InChI is InChI=1S/C15H27N5O/c1-12(21)6-3-4-8-19-10-13-14(18(2)11-19)17-15-16-7-5-9-20(13)15/h12,21H,3-11H2,1-2H3,(H,16,17)/t12-/m1/s1. The minimum absolute atomic E-state index is 0.173. The summed E-state index contributed by atoms with van der Waals surface area (Å²) >= 11 is 0. The number of hydrogen-bond donors (Lipinski definition) is 2. The number of anilines is 2. The number of nitrogens with zero attached hydrogens (tertiary/aromatic N) is 4. The lowest BCUT2D eigenvalue weighted by Gasteiger charge is -2.34. The zero-order valence-electron chi connectivity index (χ0n) is 13.2. The van der Waals surface area contributed by atoms with Crippen LogP contribution in [0.5, 0.6) is 0 Å². The fraction of sp³-hybridized carbons (Fsp3) is 0.800. The van der Waals surface area contributed by atoms with E-state index in [0.29, 0.717) is 0 Å². The third-order valence-electron chi connectivity index (χ3n) is 4.39. The van der Waals surface area contributed by atoms with E-state index in [9.17, 15) is 5.11 Å². The van der Waals surface area contributed by atoms with Crippen LogP contribution in [0.2, 0.25) is 0 Å². The number of aliphatic hydroxyl groups is 1. The van der Waals surface area contributed by atoms with Crippen LogP contribution in [0.4, 0.5) is 11.8 Å². The van der Waals surface area contributed by atoms with E-state index in [4.69, 9.17) is 4.98 Å². The Balaban J connectivity index is 1.63. The van der Waals surface area contributed by atoms with Crippen molar-refractivity contribution in [2.75, 3.05) is 37.0 Å². The molecule has 6 nitrogen and oxygen atoms in total. The maximum atomic E-state index is 9.33. The maximum absolute atomic E-state index is 9.33. The molecule has 0 aliphatic carbocycles. The molecule has 1 atom stereocenters. The molecule has 21 heavy (non-hydrogen) atoms. The molecular weight excluding hydrogens is 266 g/mol. The van der Waals surface area contributed by atoms with Crippen molar-refractivity contribution >= 4 is 11.8 Å². The van der Waals surface area contributed by atoms with E-state index >= 15 is 0 Å². The second kappa shape index (κ2) is 6.23. The fourth-order valence-electron chi connectivity index (χ4n) is 3.30. The van der Waals surface area contributed by atoms with Crippen LogP contribution in [0.1, 0.15) is 38.3 Å². The van der Waals surface area contributed by atoms with Gasteiger partial charge >= 0.3 is 0 Å². The Morgan fingerprint density at radius 2 is 2.24 bits per heavy atom. The first-order chi connectivity index (χ1) is 10.1. The van der Waals surface area contributed by atoms with Gasteiger partial charge in [-0.2, -0.15) is 4.98 Å². The number of imidazole rings is 1. The van der Waals surface area contributed by atoms with Gasteiger partial charge in [0.25, 0.3) is 0 Å². The molecule has 1 aromatic heterocycles. The lowest BCUT2D eigenvalue weighted by atomic mass is 10.1. The zero-order valence-corrected chi connectivity index (χ0v) is 13.2. The van der Waals surface area contributed by atoms with E-state index in [1.54, 1.807) is 0 Å². The molecule has 0 aromatic carbocycles. The number of aliphatic hydroxyl groups excluding tert-OH is 1. The van der Waals surface area contributed by atoms with Crippen molar-refractivity contribution in [3.63, 3.8) is 0 Å². The molecule has 3 heterocycles. The van der Waals surface area contributed by atoms with Crippen LogP contribution in [-0.4, -0.2) is 52.5 Å². The maximum Gasteiger partial charge on any atom is 0.205 e. The van der Waals surface area contributed by atoms with Gasteiger partial charge in [0.15, 0.2) is 5.82 Å². The van der Waals surface area contributed by atoms with Gasteiger partial charge in [0.05, 0.1) is 18.5 Å². The molecule has 2 N–H and O–H groups in total. The van der Waals surface area contributed by atoms with Gasteiger partial charge in [-0.25, -0.2) is 0 Å². The summed E-state index contributed by atoms with van der Waals surface area (Å²) in [5.41, 5.74) is 1.35. The predicted molar refractivity (Wildman–Crippen MR) is 84.5 cm³/mol. The molecule has 1 aromatic rings. The van der Waals surface area contributed by atoms with Crippen LogP contribution in [-0.2, 0) is 13.1 Å². The molecule has 6 heteroatoms. The Labute approximate surface area is 126 Å². The van der Waals surface area contributed by atoms with Gasteiger partial charge in [0.2, 0.25) is 5.95 Å². The molecule has 2 aliphatic rings. The highest BCUT2D eigenvalue weighted by atomic mass is 16.3. The first kappa shape index (κ1) is 14.7. The average Bonchev–Trinajstić information content (AvgIpc) is 2.83. The highest BCUT2D eigenvalue weighted by Crippen LogP contribution is 2.30. The van der Waals surface area contributed by atoms with E-state index in [0.717, 1.165) is 63.9 Å². The summed E-state index contributed by atoms with van der Waals surface area (Å²) in [6, 6.07) is 0. The second-order valence-corrected chi connectivity index (χ2v) is 6.37. The van der Waals surface area contributed by atoms with Crippen molar-refractivity contribution in [3.8, 4) is 0 Å². The van der Waals surface area contributed by atoms with E-state index in [2.05, 4.69) is 26.7 Å². The van der Waals surface area contributed by atoms with Gasteiger partial charge in [-0.05, 0) is 32.6 Å². The monoisotopic (exact) mass is 293 g/mol. The number of rotatable bonds is 5. The minimum atomic E-state index is -0.173. The lowest BCUT2D eigenvalue weighted by Crippen LogP contribution is -2.41. The molecule has 0 bridgehead atoms. The zero-order chi connectivity index (χ0) is 14.8. The predicted octanol–water partition coefficient (Wildman–Crippen LogP) is 1.46. The van der Waals surface area contributed by atoms with Gasteiger partial charge in [-0.3, -0.25) is 4.90 Å². The molecule has 118 valence electrons. The Bertz CT molecular complexity index is 485. The molecule has 0 saturated heterocycles. The summed E-state index contributed by atoms with van der Waals surface area (Å²) in [7, 11) is 2.12. The van der Waals surface area contributed by atoms with Gasteiger partial charge < -0.3 is 19.9 Å². The molecule has 0 spiro atoms. The molecule has 0 amide bonds. The second-order valence-electron chi connectivity index (χ2n) is 6.37. The summed E-state index contributed by atoms with van der Waals surface area (Å²) in [6.45, 7) is 7.00. The summed E-state index contributed by atoms with van der Waals surface area (Å²) in [5.74, 6) is 2.17. The van der Waals surface area contributed by atoms with Gasteiger partial charge in [-0.15, -0.1) is 0 Å². The van der Waals surface area contributed by atoms with Gasteiger partial charge in [0.1, 0.15) is 0 Å². The van der Waals surface area contributed by atoms with Crippen molar-refractivity contribution in [2.24, 2.45) is 0 Å². The third-order valence-corrected chi connectivity index (χ3v) is 4.39. The normalized spacial score (nSPS) is 19.9. The van der Waals surface area contributed by atoms with E-state index in [1.807, 2.05) is 6.92 Å². The summed E-state index contributed by atoms with van der Waals surface area (Å²) in [4.78, 5) is 9.48. The Kier molecular flexibility index (Phi) is 4.35. The SMILES string of the molecule is C[C@@H](O)CCCCN1Cc2c(nc3n2CCCN3)N(C)C1. The van der Waals surface area contributed by atoms with E-state index in [1.165, 1.54) is 12.1 Å². The molecule has 0 saturated carbocycles. The fourth-order valence-corrected chi connectivity index (χ4v) is 3.30. The third kappa shape index (κ3) is 3.16. The Morgan fingerprint density at radius 1 is 1.38 bits per heavy atom. The first-order valence-electron chi connectivity index (χ1n) is 8.10. The number of nitrogens with one attached hydrogen (secondary N) is 1. The minimum Gasteiger partial charge on any atom is -0.393 e. The summed E-state index contributed by atoms with van der Waals surface area (Å²) in [5, 5.41) is 12.7. The van der Waals surface area contributed by atoms with Crippen LogP contribution in [0.25, 0.3) is 0 Å². The average molecular weight is 293 g/mol. The smallest absolute Gasteiger partial charge is 0.205 e. The first-order valence-corrected chi connectivity index (χ1v) is 8.10. The number of aromatic nitrogens is 2. The lowest BCUT2D eigenvalue weighted by molar-refractivity contribution is 0.175. The van der Waals surface area contributed by atoms with Crippen LogP contribution in [0.3, 0.4) is 0 Å². The van der Waals surface area contributed by atoms with Gasteiger partial charge in [0, 0.05) is 33.2 Å². The number of fused-ring (bicyclic) bond motifs is 3. The van der Waals surface area contributed by atoms with Crippen LogP contribution < -0.4 is 10.2 Å². The van der Waals surface area contributed by atoms with Crippen molar-refractivity contribution in [1.82, 2.24) is 14.5 Å². The van der Waals surface area contributed by atoms with Crippen molar-refractivity contribution in [2.45, 2.75) is 51.8 Å². The van der Waals surface area contributed by atoms with Gasteiger partial charge in [-0.1, -0.05) is 0 Å². The van der Waals surface area contributed by atoms with Crippen LogP contribution in [0, 0.1) is 0 Å². The number of unbranched alkanes of at least 4 members (excludes halogenated alkanes) is 1. The van der Waals surface area contributed by atoms with Crippen LogP contribution >= 0.6 is 0 Å². The Morgan fingerprint density at radius 3 is 3.05 bits per heavy atom. The summed E-state index contributed by atoms with van der Waals surface area (Å²) in [6.07, 6.45) is 4.15. The molecule has 2 aliphatic heterocycles. The molecule has 3 rings (SSSR count). The quantitative estimate of drug-likeness (QED) is 0.805. The van der Waals surface area contributed by atoms with Crippen molar-refractivity contribution in [1.29, 1.82) is 0 Å². The summed E-state index contributed by atoms with van der Waals surface area (Å²) < 4.78 is 2.34. The largest absolute Gasteiger partial charge is 0.393 e. The molecular formula is C15H27N5O. The Hall–Kier alpha value is -1.27. The topological polar surface area (TPSA) is 56.6 Å². The van der Waals surface area contributed by atoms with Crippen molar-refractivity contribution in [3.05, 3.63) is 5.69 Å².